The maximum atomic E-state index is 12.5. The summed E-state index contributed by atoms with van der Waals surface area (Å²) in [5.41, 5.74) is 2.90. The van der Waals surface area contributed by atoms with Crippen molar-refractivity contribution < 1.29 is 9.53 Å². The van der Waals surface area contributed by atoms with Gasteiger partial charge in [-0.25, -0.2) is 0 Å². The number of pyridine rings is 1. The Hall–Kier alpha value is -2.85. The highest BCUT2D eigenvalue weighted by Gasteiger charge is 2.11. The van der Waals surface area contributed by atoms with Crippen molar-refractivity contribution in [3.8, 4) is 11.5 Å². The number of benzene rings is 2. The standard InChI is InChI=1S/C21H19ClN2O2/c1-3-16-9-12-20(14(2)23-16)21(25)24-17-5-4-6-19(13-17)26-18-10-7-15(22)8-11-18/h4-13H,3H2,1-2H3,(H,24,25). The molecule has 0 spiro atoms. The van der Waals surface area contributed by atoms with Crippen molar-refractivity contribution in [3.05, 3.63) is 82.6 Å². The number of ether oxygens (including phenoxy) is 1. The summed E-state index contributed by atoms with van der Waals surface area (Å²) in [7, 11) is 0. The van der Waals surface area contributed by atoms with Gasteiger partial charge in [-0.1, -0.05) is 24.6 Å². The molecule has 0 bridgehead atoms. The van der Waals surface area contributed by atoms with E-state index in [1.807, 2.05) is 44.2 Å². The molecule has 3 rings (SSSR count). The van der Waals surface area contributed by atoms with Crippen molar-refractivity contribution in [1.82, 2.24) is 4.98 Å². The molecule has 0 radical (unpaired) electrons. The second kappa shape index (κ2) is 8.02. The van der Waals surface area contributed by atoms with Gasteiger partial charge in [-0.2, -0.15) is 0 Å². The number of hydrogen-bond donors (Lipinski definition) is 1. The molecule has 0 atom stereocenters. The Bertz CT molecular complexity index is 924. The van der Waals surface area contributed by atoms with Gasteiger partial charge in [0.25, 0.3) is 5.91 Å². The third kappa shape index (κ3) is 4.41. The van der Waals surface area contributed by atoms with Crippen molar-refractivity contribution >= 4 is 23.2 Å². The van der Waals surface area contributed by atoms with E-state index in [4.69, 9.17) is 16.3 Å². The molecule has 2 aromatic carbocycles. The van der Waals surface area contributed by atoms with E-state index in [1.165, 1.54) is 0 Å². The van der Waals surface area contributed by atoms with Gasteiger partial charge in [-0.15, -0.1) is 0 Å². The van der Waals surface area contributed by atoms with Crippen LogP contribution in [0.2, 0.25) is 5.02 Å². The molecule has 1 amide bonds. The molecule has 1 aromatic heterocycles. The molecule has 1 N–H and O–H groups in total. The van der Waals surface area contributed by atoms with Crippen LogP contribution in [0.4, 0.5) is 5.69 Å². The fourth-order valence-electron chi connectivity index (χ4n) is 2.52. The number of aromatic nitrogens is 1. The fourth-order valence-corrected chi connectivity index (χ4v) is 2.65. The maximum Gasteiger partial charge on any atom is 0.257 e. The van der Waals surface area contributed by atoms with Crippen LogP contribution in [0.1, 0.15) is 28.7 Å². The van der Waals surface area contributed by atoms with Crippen LogP contribution in [0.5, 0.6) is 11.5 Å². The summed E-state index contributed by atoms with van der Waals surface area (Å²) in [6.45, 7) is 3.88. The number of hydrogen-bond acceptors (Lipinski definition) is 3. The summed E-state index contributed by atoms with van der Waals surface area (Å²) in [4.78, 5) is 17.0. The lowest BCUT2D eigenvalue weighted by atomic mass is 10.1. The van der Waals surface area contributed by atoms with Crippen LogP contribution >= 0.6 is 11.6 Å². The third-order valence-corrected chi connectivity index (χ3v) is 4.14. The van der Waals surface area contributed by atoms with Gasteiger partial charge < -0.3 is 10.1 Å². The maximum absolute atomic E-state index is 12.5. The Labute approximate surface area is 157 Å². The molecule has 4 nitrogen and oxygen atoms in total. The minimum absolute atomic E-state index is 0.193. The summed E-state index contributed by atoms with van der Waals surface area (Å²) < 4.78 is 5.79. The molecular weight excluding hydrogens is 348 g/mol. The Kier molecular flexibility index (Phi) is 5.54. The Morgan fingerprint density at radius 1 is 1.08 bits per heavy atom. The van der Waals surface area contributed by atoms with Crippen molar-refractivity contribution in [2.24, 2.45) is 0 Å². The van der Waals surface area contributed by atoms with Gasteiger partial charge in [0.2, 0.25) is 0 Å². The quantitative estimate of drug-likeness (QED) is 0.634. The molecule has 26 heavy (non-hydrogen) atoms. The zero-order chi connectivity index (χ0) is 18.5. The number of nitrogens with zero attached hydrogens (tertiary/aromatic N) is 1. The van der Waals surface area contributed by atoms with Crippen LogP contribution in [-0.2, 0) is 6.42 Å². The number of amides is 1. The molecule has 0 saturated carbocycles. The Balaban J connectivity index is 1.74. The molecule has 0 saturated heterocycles. The van der Waals surface area contributed by atoms with Crippen molar-refractivity contribution in [2.45, 2.75) is 20.3 Å². The van der Waals surface area contributed by atoms with E-state index in [9.17, 15) is 4.79 Å². The lowest BCUT2D eigenvalue weighted by molar-refractivity contribution is 0.102. The summed E-state index contributed by atoms with van der Waals surface area (Å²) >= 11 is 5.88. The number of carbonyl (C=O) groups excluding carboxylic acids is 1. The van der Waals surface area contributed by atoms with E-state index in [0.717, 1.165) is 17.8 Å². The van der Waals surface area contributed by atoms with Crippen molar-refractivity contribution in [1.29, 1.82) is 0 Å². The third-order valence-electron chi connectivity index (χ3n) is 3.89. The minimum atomic E-state index is -0.193. The van der Waals surface area contributed by atoms with E-state index >= 15 is 0 Å². The summed E-state index contributed by atoms with van der Waals surface area (Å²) in [5.74, 6) is 1.11. The highest BCUT2D eigenvalue weighted by atomic mass is 35.5. The number of carbonyl (C=O) groups is 1. The van der Waals surface area contributed by atoms with Gasteiger partial charge in [0.15, 0.2) is 0 Å². The number of aryl methyl sites for hydroxylation is 2. The number of rotatable bonds is 5. The molecule has 0 aliphatic heterocycles. The van der Waals surface area contributed by atoms with Gasteiger partial charge in [0.1, 0.15) is 11.5 Å². The summed E-state index contributed by atoms with van der Waals surface area (Å²) in [6.07, 6.45) is 0.840. The smallest absolute Gasteiger partial charge is 0.257 e. The lowest BCUT2D eigenvalue weighted by Gasteiger charge is -2.10. The van der Waals surface area contributed by atoms with Crippen LogP contribution in [0, 0.1) is 6.92 Å². The monoisotopic (exact) mass is 366 g/mol. The first-order valence-electron chi connectivity index (χ1n) is 8.36. The van der Waals surface area contributed by atoms with Gasteiger partial charge in [0.05, 0.1) is 11.3 Å². The van der Waals surface area contributed by atoms with Gasteiger partial charge in [-0.05, 0) is 61.9 Å². The molecule has 3 aromatic rings. The molecular formula is C21H19ClN2O2. The highest BCUT2D eigenvalue weighted by molar-refractivity contribution is 6.30. The minimum Gasteiger partial charge on any atom is -0.457 e. The molecule has 0 aliphatic rings. The van der Waals surface area contributed by atoms with Gasteiger partial charge in [0, 0.05) is 22.5 Å². The SMILES string of the molecule is CCc1ccc(C(=O)Nc2cccc(Oc3ccc(Cl)cc3)c2)c(C)n1. The topological polar surface area (TPSA) is 51.2 Å². The molecule has 0 fully saturated rings. The number of halogens is 1. The van der Waals surface area contributed by atoms with Crippen LogP contribution < -0.4 is 10.1 Å². The molecule has 0 unspecified atom stereocenters. The van der Waals surface area contributed by atoms with Crippen LogP contribution in [0.3, 0.4) is 0 Å². The number of anilines is 1. The average molecular weight is 367 g/mol. The fraction of sp³-hybridized carbons (Fsp3) is 0.143. The Morgan fingerprint density at radius 2 is 1.85 bits per heavy atom. The van der Waals surface area contributed by atoms with E-state index in [0.29, 0.717) is 27.8 Å². The van der Waals surface area contributed by atoms with Crippen LogP contribution in [0.25, 0.3) is 0 Å². The van der Waals surface area contributed by atoms with Gasteiger partial charge in [-0.3, -0.25) is 9.78 Å². The average Bonchev–Trinajstić information content (AvgIpc) is 2.63. The van der Waals surface area contributed by atoms with Crippen LogP contribution in [-0.4, -0.2) is 10.9 Å². The van der Waals surface area contributed by atoms with E-state index in [-0.39, 0.29) is 5.91 Å². The first kappa shape index (κ1) is 18.0. The molecule has 0 aliphatic carbocycles. The first-order chi connectivity index (χ1) is 12.5. The lowest BCUT2D eigenvalue weighted by Crippen LogP contribution is -2.14. The highest BCUT2D eigenvalue weighted by Crippen LogP contribution is 2.25. The second-order valence-corrected chi connectivity index (χ2v) is 6.26. The first-order valence-corrected chi connectivity index (χ1v) is 8.74. The van der Waals surface area contributed by atoms with Crippen LogP contribution in [0.15, 0.2) is 60.7 Å². The van der Waals surface area contributed by atoms with Crippen molar-refractivity contribution in [3.63, 3.8) is 0 Å². The van der Waals surface area contributed by atoms with E-state index in [2.05, 4.69) is 10.3 Å². The number of nitrogens with one attached hydrogen (secondary N) is 1. The molecule has 132 valence electrons. The predicted octanol–water partition coefficient (Wildman–Crippen LogP) is 5.65. The zero-order valence-corrected chi connectivity index (χ0v) is 15.4. The molecule has 5 heteroatoms. The zero-order valence-electron chi connectivity index (χ0n) is 14.6. The largest absolute Gasteiger partial charge is 0.457 e. The van der Waals surface area contributed by atoms with Crippen molar-refractivity contribution in [2.75, 3.05) is 5.32 Å². The molecule has 1 heterocycles. The normalized spacial score (nSPS) is 10.4. The van der Waals surface area contributed by atoms with E-state index in [1.54, 1.807) is 30.3 Å². The van der Waals surface area contributed by atoms with Gasteiger partial charge >= 0.3 is 0 Å². The summed E-state index contributed by atoms with van der Waals surface area (Å²) in [6, 6.07) is 18.0. The second-order valence-electron chi connectivity index (χ2n) is 5.83. The Morgan fingerprint density at radius 3 is 2.54 bits per heavy atom. The predicted molar refractivity (Wildman–Crippen MR) is 104 cm³/mol. The van der Waals surface area contributed by atoms with E-state index < -0.39 is 0 Å². The summed E-state index contributed by atoms with van der Waals surface area (Å²) in [5, 5.41) is 3.54.